The maximum absolute atomic E-state index is 13.2. The second kappa shape index (κ2) is 5.20. The third kappa shape index (κ3) is 3.04. The van der Waals surface area contributed by atoms with E-state index < -0.39 is 29.1 Å². The average molecular weight is 298 g/mol. The molecule has 0 fully saturated rings. The highest BCUT2D eigenvalue weighted by molar-refractivity contribution is 5.90. The quantitative estimate of drug-likeness (QED) is 0.828. The van der Waals surface area contributed by atoms with Gasteiger partial charge in [-0.1, -0.05) is 12.1 Å². The maximum atomic E-state index is 13.2. The van der Waals surface area contributed by atoms with Crippen LogP contribution in [0.15, 0.2) is 36.4 Å². The Kier molecular flexibility index (Phi) is 3.72. The van der Waals surface area contributed by atoms with Crippen molar-refractivity contribution in [1.29, 1.82) is 0 Å². The lowest BCUT2D eigenvalue weighted by Gasteiger charge is -2.12. The molecule has 2 aromatic carbocycles. The first-order valence-corrected chi connectivity index (χ1v) is 5.91. The molecule has 2 aromatic rings. The second-order valence-corrected chi connectivity index (χ2v) is 4.53. The van der Waals surface area contributed by atoms with E-state index in [1.54, 1.807) is 0 Å². The van der Waals surface area contributed by atoms with Crippen LogP contribution < -0.4 is 0 Å². The first-order chi connectivity index (χ1) is 9.70. The van der Waals surface area contributed by atoms with Crippen molar-refractivity contribution in [3.05, 3.63) is 58.9 Å². The highest BCUT2D eigenvalue weighted by Gasteiger charge is 2.35. The van der Waals surface area contributed by atoms with Crippen molar-refractivity contribution in [3.8, 4) is 11.1 Å². The molecule has 110 valence electrons. The largest absolute Gasteiger partial charge is 0.478 e. The van der Waals surface area contributed by atoms with Gasteiger partial charge in [0, 0.05) is 0 Å². The summed E-state index contributed by atoms with van der Waals surface area (Å²) in [4.78, 5) is 10.9. The van der Waals surface area contributed by atoms with Gasteiger partial charge in [0.25, 0.3) is 0 Å². The molecule has 0 bridgehead atoms. The van der Waals surface area contributed by atoms with Crippen LogP contribution >= 0.6 is 0 Å². The Morgan fingerprint density at radius 1 is 1.05 bits per heavy atom. The predicted molar refractivity (Wildman–Crippen MR) is 68.5 cm³/mol. The van der Waals surface area contributed by atoms with Crippen molar-refractivity contribution in [2.45, 2.75) is 13.1 Å². The lowest BCUT2D eigenvalue weighted by Crippen LogP contribution is -2.13. The molecule has 0 unspecified atom stereocenters. The zero-order valence-corrected chi connectivity index (χ0v) is 10.8. The molecule has 0 saturated heterocycles. The van der Waals surface area contributed by atoms with Gasteiger partial charge in [0.05, 0.1) is 11.1 Å². The molecule has 0 aromatic heterocycles. The third-order valence-corrected chi connectivity index (χ3v) is 3.05. The minimum atomic E-state index is -4.78. The SMILES string of the molecule is Cc1cc(-c2ccc(C(=O)O)c(C(F)(F)F)c2)ccc1F. The van der Waals surface area contributed by atoms with Gasteiger partial charge in [-0.2, -0.15) is 13.2 Å². The van der Waals surface area contributed by atoms with Crippen molar-refractivity contribution >= 4 is 5.97 Å². The zero-order valence-electron chi connectivity index (χ0n) is 10.8. The van der Waals surface area contributed by atoms with E-state index >= 15 is 0 Å². The highest BCUT2D eigenvalue weighted by atomic mass is 19.4. The Hall–Kier alpha value is -2.37. The van der Waals surface area contributed by atoms with Crippen LogP contribution in [0.2, 0.25) is 0 Å². The molecular formula is C15H10F4O2. The van der Waals surface area contributed by atoms with E-state index in [4.69, 9.17) is 5.11 Å². The molecule has 2 rings (SSSR count). The summed E-state index contributed by atoms with van der Waals surface area (Å²) < 4.78 is 52.0. The summed E-state index contributed by atoms with van der Waals surface area (Å²) in [7, 11) is 0. The van der Waals surface area contributed by atoms with Crippen LogP contribution in [0.3, 0.4) is 0 Å². The van der Waals surface area contributed by atoms with Crippen LogP contribution in [-0.4, -0.2) is 11.1 Å². The Balaban J connectivity index is 2.61. The molecule has 21 heavy (non-hydrogen) atoms. The van der Waals surface area contributed by atoms with Crippen LogP contribution in [0, 0.1) is 12.7 Å². The number of carboxylic acid groups (broad SMARTS) is 1. The van der Waals surface area contributed by atoms with E-state index in [0.29, 0.717) is 11.1 Å². The molecule has 0 heterocycles. The van der Waals surface area contributed by atoms with Gasteiger partial charge < -0.3 is 5.11 Å². The number of hydrogen-bond acceptors (Lipinski definition) is 1. The average Bonchev–Trinajstić information content (AvgIpc) is 2.40. The molecule has 0 aliphatic carbocycles. The van der Waals surface area contributed by atoms with Gasteiger partial charge in [-0.3, -0.25) is 0 Å². The number of alkyl halides is 3. The lowest BCUT2D eigenvalue weighted by atomic mass is 9.97. The molecule has 6 heteroatoms. The molecular weight excluding hydrogens is 288 g/mol. The fourth-order valence-electron chi connectivity index (χ4n) is 1.97. The molecule has 0 amide bonds. The van der Waals surface area contributed by atoms with Gasteiger partial charge in [-0.25, -0.2) is 9.18 Å². The first-order valence-electron chi connectivity index (χ1n) is 5.91. The molecule has 0 saturated carbocycles. The van der Waals surface area contributed by atoms with Crippen molar-refractivity contribution in [2.75, 3.05) is 0 Å². The molecule has 1 N–H and O–H groups in total. The fraction of sp³-hybridized carbons (Fsp3) is 0.133. The van der Waals surface area contributed by atoms with E-state index in [2.05, 4.69) is 0 Å². The molecule has 0 aliphatic heterocycles. The molecule has 2 nitrogen and oxygen atoms in total. The number of hydrogen-bond donors (Lipinski definition) is 1. The van der Waals surface area contributed by atoms with Crippen LogP contribution in [0.4, 0.5) is 17.6 Å². The summed E-state index contributed by atoms with van der Waals surface area (Å²) >= 11 is 0. The van der Waals surface area contributed by atoms with Gasteiger partial charge in [0.15, 0.2) is 0 Å². The van der Waals surface area contributed by atoms with Gasteiger partial charge in [0.2, 0.25) is 0 Å². The summed E-state index contributed by atoms with van der Waals surface area (Å²) in [6.07, 6.45) is -4.78. The fourth-order valence-corrected chi connectivity index (χ4v) is 1.97. The van der Waals surface area contributed by atoms with Gasteiger partial charge in [-0.05, 0) is 47.9 Å². The Morgan fingerprint density at radius 2 is 1.62 bits per heavy atom. The number of aromatic carboxylic acids is 1. The van der Waals surface area contributed by atoms with Crippen LogP contribution in [0.5, 0.6) is 0 Å². The van der Waals surface area contributed by atoms with Crippen LogP contribution in [-0.2, 0) is 6.18 Å². The minimum absolute atomic E-state index is 0.176. The van der Waals surface area contributed by atoms with E-state index in [-0.39, 0.29) is 5.56 Å². The number of carboxylic acids is 1. The summed E-state index contributed by atoms with van der Waals surface area (Å²) in [6, 6.07) is 6.84. The Labute approximate surface area is 117 Å². The van der Waals surface area contributed by atoms with Crippen LogP contribution in [0.1, 0.15) is 21.5 Å². The summed E-state index contributed by atoms with van der Waals surface area (Å²) in [5.41, 5.74) is -1.19. The summed E-state index contributed by atoms with van der Waals surface area (Å²) in [6.45, 7) is 1.50. The lowest BCUT2D eigenvalue weighted by molar-refractivity contribution is -0.138. The van der Waals surface area contributed by atoms with Gasteiger partial charge in [-0.15, -0.1) is 0 Å². The van der Waals surface area contributed by atoms with Crippen molar-refractivity contribution in [2.24, 2.45) is 0 Å². The maximum Gasteiger partial charge on any atom is 0.417 e. The van der Waals surface area contributed by atoms with Crippen molar-refractivity contribution < 1.29 is 27.5 Å². The zero-order chi connectivity index (χ0) is 15.8. The molecule has 0 spiro atoms. The van der Waals surface area contributed by atoms with E-state index in [9.17, 15) is 22.4 Å². The van der Waals surface area contributed by atoms with Crippen molar-refractivity contribution in [1.82, 2.24) is 0 Å². The predicted octanol–water partition coefficient (Wildman–Crippen LogP) is 4.52. The number of aryl methyl sites for hydroxylation is 1. The summed E-state index contributed by atoms with van der Waals surface area (Å²) in [5, 5.41) is 8.82. The minimum Gasteiger partial charge on any atom is -0.478 e. The molecule has 0 aliphatic rings. The second-order valence-electron chi connectivity index (χ2n) is 4.53. The third-order valence-electron chi connectivity index (χ3n) is 3.05. The van der Waals surface area contributed by atoms with Gasteiger partial charge >= 0.3 is 12.1 Å². The Morgan fingerprint density at radius 3 is 2.14 bits per heavy atom. The number of carbonyl (C=O) groups is 1. The standard InChI is InChI=1S/C15H10F4O2/c1-8-6-9(3-5-13(8)16)10-2-4-11(14(20)21)12(7-10)15(17,18)19/h2-7H,1H3,(H,20,21). The summed E-state index contributed by atoms with van der Waals surface area (Å²) in [5.74, 6) is -2.11. The topological polar surface area (TPSA) is 37.3 Å². The van der Waals surface area contributed by atoms with E-state index in [1.165, 1.54) is 25.1 Å². The van der Waals surface area contributed by atoms with Crippen LogP contribution in [0.25, 0.3) is 11.1 Å². The smallest absolute Gasteiger partial charge is 0.417 e. The van der Waals surface area contributed by atoms with Gasteiger partial charge in [0.1, 0.15) is 5.82 Å². The monoisotopic (exact) mass is 298 g/mol. The number of rotatable bonds is 2. The van der Waals surface area contributed by atoms with E-state index in [0.717, 1.165) is 18.2 Å². The first kappa shape index (κ1) is 15.0. The normalized spacial score (nSPS) is 11.5. The molecule has 0 atom stereocenters. The highest BCUT2D eigenvalue weighted by Crippen LogP contribution is 2.35. The van der Waals surface area contributed by atoms with Crippen molar-refractivity contribution in [3.63, 3.8) is 0 Å². The Bertz CT molecular complexity index is 705. The molecule has 0 radical (unpaired) electrons. The number of benzene rings is 2. The number of halogens is 4. The van der Waals surface area contributed by atoms with E-state index in [1.807, 2.05) is 0 Å².